The predicted molar refractivity (Wildman–Crippen MR) is 46.3 cm³/mol. The number of aryl methyl sites for hydroxylation is 1. The van der Waals surface area contributed by atoms with Crippen molar-refractivity contribution >= 4 is 0 Å². The van der Waals surface area contributed by atoms with Crippen LogP contribution in [0.2, 0.25) is 0 Å². The minimum Gasteiger partial charge on any atom is -0.299 e. The molecule has 0 aliphatic heterocycles. The fourth-order valence-corrected chi connectivity index (χ4v) is 1.03. The van der Waals surface area contributed by atoms with Crippen molar-refractivity contribution < 1.29 is 0 Å². The second-order valence-corrected chi connectivity index (χ2v) is 2.59. The van der Waals surface area contributed by atoms with Crippen molar-refractivity contribution in [3.8, 4) is 6.07 Å². The van der Waals surface area contributed by atoms with E-state index in [-0.39, 0.29) is 5.56 Å². The molecule has 0 N–H and O–H groups in total. The van der Waals surface area contributed by atoms with Crippen LogP contribution in [-0.2, 0) is 13.6 Å². The van der Waals surface area contributed by atoms with Crippen LogP contribution in [0.4, 0.5) is 0 Å². The number of aromatic nitrogens is 2. The summed E-state index contributed by atoms with van der Waals surface area (Å²) in [5.74, 6) is 0. The van der Waals surface area contributed by atoms with E-state index >= 15 is 0 Å². The summed E-state index contributed by atoms with van der Waals surface area (Å²) in [5, 5.41) is 8.58. The maximum absolute atomic E-state index is 11.3. The highest BCUT2D eigenvalue weighted by Gasteiger charge is 2.05. The fraction of sp³-hybridized carbons (Fsp3) is 0.375. The lowest BCUT2D eigenvalue weighted by Crippen LogP contribution is -2.38. The number of hydrogen-bond donors (Lipinski definition) is 0. The minimum atomic E-state index is -0.544. The summed E-state index contributed by atoms with van der Waals surface area (Å²) < 4.78 is 2.25. The zero-order valence-corrected chi connectivity index (χ0v) is 7.44. The predicted octanol–water partition coefficient (Wildman–Crippen LogP) is -0.561. The highest BCUT2D eigenvalue weighted by atomic mass is 16.2. The Morgan fingerprint density at radius 1 is 1.54 bits per heavy atom. The maximum atomic E-state index is 11.3. The average molecular weight is 179 g/mol. The van der Waals surface area contributed by atoms with Crippen LogP contribution in [0, 0.1) is 11.3 Å². The van der Waals surface area contributed by atoms with Crippen molar-refractivity contribution in [2.45, 2.75) is 13.5 Å². The molecule has 0 saturated heterocycles. The van der Waals surface area contributed by atoms with Crippen LogP contribution in [0.3, 0.4) is 0 Å². The summed E-state index contributed by atoms with van der Waals surface area (Å²) in [5.41, 5.74) is -0.951. The fourth-order valence-electron chi connectivity index (χ4n) is 1.03. The van der Waals surface area contributed by atoms with E-state index in [9.17, 15) is 9.59 Å². The second-order valence-electron chi connectivity index (χ2n) is 2.59. The first-order chi connectivity index (χ1) is 6.11. The van der Waals surface area contributed by atoms with Gasteiger partial charge >= 0.3 is 5.69 Å². The molecule has 0 bridgehead atoms. The quantitative estimate of drug-likeness (QED) is 0.580. The van der Waals surface area contributed by atoms with E-state index in [0.717, 1.165) is 4.57 Å². The van der Waals surface area contributed by atoms with Gasteiger partial charge in [-0.15, -0.1) is 0 Å². The summed E-state index contributed by atoms with van der Waals surface area (Å²) in [7, 11) is 1.36. The van der Waals surface area contributed by atoms with Crippen LogP contribution >= 0.6 is 0 Å². The third-order valence-electron chi connectivity index (χ3n) is 1.81. The van der Waals surface area contributed by atoms with Crippen molar-refractivity contribution in [1.29, 1.82) is 5.26 Å². The molecule has 0 spiro atoms. The zero-order valence-electron chi connectivity index (χ0n) is 7.44. The van der Waals surface area contributed by atoms with E-state index in [4.69, 9.17) is 5.26 Å². The molecule has 1 aromatic heterocycles. The van der Waals surface area contributed by atoms with Gasteiger partial charge in [-0.05, 0) is 6.92 Å². The van der Waals surface area contributed by atoms with E-state index in [2.05, 4.69) is 0 Å². The van der Waals surface area contributed by atoms with Gasteiger partial charge in [0.25, 0.3) is 5.56 Å². The highest BCUT2D eigenvalue weighted by Crippen LogP contribution is 1.85. The second kappa shape index (κ2) is 3.27. The van der Waals surface area contributed by atoms with Gasteiger partial charge in [-0.25, -0.2) is 4.79 Å². The average Bonchev–Trinajstić information content (AvgIpc) is 2.15. The molecule has 0 aliphatic carbocycles. The van der Waals surface area contributed by atoms with E-state index in [1.807, 2.05) is 0 Å². The van der Waals surface area contributed by atoms with Crippen molar-refractivity contribution in [3.63, 3.8) is 0 Å². The smallest absolute Gasteiger partial charge is 0.299 e. The molecule has 0 radical (unpaired) electrons. The number of nitriles is 1. The summed E-state index contributed by atoms with van der Waals surface area (Å²) >= 11 is 0. The van der Waals surface area contributed by atoms with Crippen molar-refractivity contribution in [2.75, 3.05) is 0 Å². The van der Waals surface area contributed by atoms with Gasteiger partial charge in [0.2, 0.25) is 0 Å². The third-order valence-corrected chi connectivity index (χ3v) is 1.81. The molecule has 0 saturated carbocycles. The first-order valence-electron chi connectivity index (χ1n) is 3.82. The molecule has 5 nitrogen and oxygen atoms in total. The van der Waals surface area contributed by atoms with Gasteiger partial charge in [0.05, 0.1) is 0 Å². The monoisotopic (exact) mass is 179 g/mol. The van der Waals surface area contributed by atoms with Gasteiger partial charge < -0.3 is 0 Å². The Balaban J connectivity index is 3.68. The minimum absolute atomic E-state index is 0.0102. The summed E-state index contributed by atoms with van der Waals surface area (Å²) in [6.45, 7) is 2.22. The van der Waals surface area contributed by atoms with Crippen LogP contribution in [0.5, 0.6) is 0 Å². The Morgan fingerprint density at radius 2 is 2.15 bits per heavy atom. The molecule has 0 unspecified atom stereocenters. The normalized spacial score (nSPS) is 9.62. The van der Waals surface area contributed by atoms with Crippen LogP contribution in [-0.4, -0.2) is 9.13 Å². The Bertz CT molecular complexity index is 476. The molecule has 1 rings (SSSR count). The van der Waals surface area contributed by atoms with Crippen molar-refractivity contribution in [3.05, 3.63) is 32.6 Å². The number of nitrogens with zero attached hydrogens (tertiary/aromatic N) is 3. The lowest BCUT2D eigenvalue weighted by Gasteiger charge is -2.03. The third kappa shape index (κ3) is 1.38. The van der Waals surface area contributed by atoms with Gasteiger partial charge in [-0.1, -0.05) is 0 Å². The molecule has 68 valence electrons. The first-order valence-corrected chi connectivity index (χ1v) is 3.82. The standard InChI is InChI=1S/C8H9N3O2/c1-3-11-5-6(4-9)7(12)10(2)8(11)13/h5H,3H2,1-2H3. The largest absolute Gasteiger partial charge is 0.330 e. The Morgan fingerprint density at radius 3 is 2.62 bits per heavy atom. The van der Waals surface area contributed by atoms with E-state index in [1.165, 1.54) is 17.8 Å². The van der Waals surface area contributed by atoms with Crippen molar-refractivity contribution in [1.82, 2.24) is 9.13 Å². The lowest BCUT2D eigenvalue weighted by molar-refractivity contribution is 0.626. The van der Waals surface area contributed by atoms with Crippen LogP contribution < -0.4 is 11.2 Å². The zero-order chi connectivity index (χ0) is 10.0. The molecule has 0 fully saturated rings. The Kier molecular flexibility index (Phi) is 2.33. The molecule has 0 amide bonds. The molecular weight excluding hydrogens is 170 g/mol. The van der Waals surface area contributed by atoms with Gasteiger partial charge in [0.1, 0.15) is 11.6 Å². The number of hydrogen-bond acceptors (Lipinski definition) is 3. The SMILES string of the molecule is CCn1cc(C#N)c(=O)n(C)c1=O. The van der Waals surface area contributed by atoms with Crippen LogP contribution in [0.1, 0.15) is 12.5 Å². The maximum Gasteiger partial charge on any atom is 0.330 e. The van der Waals surface area contributed by atoms with Crippen LogP contribution in [0.25, 0.3) is 0 Å². The molecule has 13 heavy (non-hydrogen) atoms. The summed E-state index contributed by atoms with van der Waals surface area (Å²) in [6.07, 6.45) is 1.28. The van der Waals surface area contributed by atoms with E-state index in [1.54, 1.807) is 13.0 Å². The summed E-state index contributed by atoms with van der Waals surface area (Å²) in [6, 6.07) is 1.74. The van der Waals surface area contributed by atoms with Crippen molar-refractivity contribution in [2.24, 2.45) is 7.05 Å². The molecule has 5 heteroatoms. The summed E-state index contributed by atoms with van der Waals surface area (Å²) in [4.78, 5) is 22.5. The van der Waals surface area contributed by atoms with Crippen LogP contribution in [0.15, 0.2) is 15.8 Å². The van der Waals surface area contributed by atoms with Gasteiger partial charge in [0.15, 0.2) is 0 Å². The molecule has 1 aromatic rings. The topological polar surface area (TPSA) is 67.8 Å². The first kappa shape index (κ1) is 9.26. The molecular formula is C8H9N3O2. The van der Waals surface area contributed by atoms with E-state index in [0.29, 0.717) is 6.54 Å². The lowest BCUT2D eigenvalue weighted by atomic mass is 10.3. The number of rotatable bonds is 1. The van der Waals surface area contributed by atoms with E-state index < -0.39 is 11.2 Å². The van der Waals surface area contributed by atoms with Gasteiger partial charge in [0, 0.05) is 19.8 Å². The molecule has 0 aliphatic rings. The highest BCUT2D eigenvalue weighted by molar-refractivity contribution is 5.22. The van der Waals surface area contributed by atoms with Gasteiger partial charge in [-0.3, -0.25) is 13.9 Å². The molecule has 0 atom stereocenters. The molecule has 1 heterocycles. The van der Waals surface area contributed by atoms with Gasteiger partial charge in [-0.2, -0.15) is 5.26 Å². The molecule has 0 aromatic carbocycles. The Labute approximate surface area is 74.5 Å². The Hall–Kier alpha value is -1.83.